The summed E-state index contributed by atoms with van der Waals surface area (Å²) in [5, 5.41) is 2.57. The minimum absolute atomic E-state index is 0.0419. The lowest BCUT2D eigenvalue weighted by atomic mass is 9.80. The van der Waals surface area contributed by atoms with E-state index in [1.54, 1.807) is 0 Å². The number of rotatable bonds is 5. The second-order valence-electron chi connectivity index (χ2n) is 15.9. The Morgan fingerprint density at radius 1 is 0.536 bits per heavy atom. The maximum absolute atomic E-state index is 5.28. The van der Waals surface area contributed by atoms with Gasteiger partial charge < -0.3 is 0 Å². The van der Waals surface area contributed by atoms with E-state index < -0.39 is 0 Å². The normalized spacial score (nSPS) is 15.2. The van der Waals surface area contributed by atoms with Gasteiger partial charge in [-0.2, -0.15) is 0 Å². The first-order valence-corrected chi connectivity index (χ1v) is 20.5. The van der Waals surface area contributed by atoms with E-state index in [9.17, 15) is 0 Å². The smallest absolute Gasteiger partial charge is 0.163 e. The lowest BCUT2D eigenvalue weighted by Gasteiger charge is -2.23. The predicted molar refractivity (Wildman–Crippen MR) is 233 cm³/mol. The highest BCUT2D eigenvalue weighted by Gasteiger charge is 2.37. The third-order valence-electron chi connectivity index (χ3n) is 12.2. The topological polar surface area (TPSA) is 38.7 Å². The lowest BCUT2D eigenvalue weighted by molar-refractivity contribution is 0.608. The van der Waals surface area contributed by atoms with E-state index in [1.165, 1.54) is 75.8 Å². The fraction of sp³-hybridized carbons (Fsp3) is 0.135. The minimum atomic E-state index is -0.0419. The van der Waals surface area contributed by atoms with Crippen LogP contribution in [0.25, 0.3) is 76.3 Å². The molecule has 7 aromatic carbocycles. The van der Waals surface area contributed by atoms with E-state index in [4.69, 9.17) is 15.0 Å². The van der Waals surface area contributed by atoms with Gasteiger partial charge in [-0.3, -0.25) is 0 Å². The molecule has 0 bridgehead atoms. The highest BCUT2D eigenvalue weighted by Crippen LogP contribution is 2.52. The van der Waals surface area contributed by atoms with Crippen molar-refractivity contribution in [2.75, 3.05) is 0 Å². The molecular formula is C52H39N3S. The van der Waals surface area contributed by atoms with Crippen LogP contribution in [0.4, 0.5) is 0 Å². The summed E-state index contributed by atoms with van der Waals surface area (Å²) in [4.78, 5) is 15.6. The maximum Gasteiger partial charge on any atom is 0.163 e. The first-order chi connectivity index (χ1) is 27.5. The molecule has 2 aromatic heterocycles. The number of hydrogen-bond acceptors (Lipinski definition) is 4. The van der Waals surface area contributed by atoms with Crippen LogP contribution in [-0.4, -0.2) is 15.0 Å². The van der Waals surface area contributed by atoms with Crippen LogP contribution in [0.15, 0.2) is 158 Å². The fourth-order valence-corrected chi connectivity index (χ4v) is 10.6. The first-order valence-electron chi connectivity index (χ1n) is 19.7. The third kappa shape index (κ3) is 5.35. The average molecular weight is 738 g/mol. The zero-order valence-corrected chi connectivity index (χ0v) is 32.3. The molecule has 0 spiro atoms. The predicted octanol–water partition coefficient (Wildman–Crippen LogP) is 13.5. The fourth-order valence-electron chi connectivity index (χ4n) is 9.45. The van der Waals surface area contributed by atoms with Crippen molar-refractivity contribution in [3.05, 3.63) is 186 Å². The molecule has 0 N–H and O–H groups in total. The van der Waals surface area contributed by atoms with Crippen molar-refractivity contribution in [1.29, 1.82) is 0 Å². The summed E-state index contributed by atoms with van der Waals surface area (Å²) in [5.74, 6) is 2.53. The van der Waals surface area contributed by atoms with Crippen LogP contribution < -0.4 is 0 Å². The van der Waals surface area contributed by atoms with Gasteiger partial charge in [0.15, 0.2) is 11.6 Å². The number of nitrogens with zero attached hydrogens (tertiary/aromatic N) is 3. The molecule has 11 rings (SSSR count). The summed E-state index contributed by atoms with van der Waals surface area (Å²) >= 11 is 1.83. The molecule has 2 aliphatic carbocycles. The van der Waals surface area contributed by atoms with Gasteiger partial charge in [-0.05, 0) is 92.6 Å². The van der Waals surface area contributed by atoms with E-state index in [0.29, 0.717) is 0 Å². The number of thiophene rings is 1. The second kappa shape index (κ2) is 12.9. The highest BCUT2D eigenvalue weighted by molar-refractivity contribution is 7.26. The van der Waals surface area contributed by atoms with Gasteiger partial charge in [0.05, 0.1) is 0 Å². The van der Waals surface area contributed by atoms with Crippen LogP contribution >= 0.6 is 11.3 Å². The number of benzene rings is 7. The van der Waals surface area contributed by atoms with Crippen LogP contribution in [0.2, 0.25) is 0 Å². The molecule has 2 aliphatic rings. The molecule has 268 valence electrons. The molecule has 4 heteroatoms. The maximum atomic E-state index is 5.28. The van der Waals surface area contributed by atoms with Gasteiger partial charge in [0.2, 0.25) is 0 Å². The molecule has 2 heterocycles. The van der Waals surface area contributed by atoms with E-state index in [2.05, 4.69) is 166 Å². The summed E-state index contributed by atoms with van der Waals surface area (Å²) in [6, 6.07) is 57.4. The number of hydrogen-bond donors (Lipinski definition) is 0. The molecule has 0 radical (unpaired) electrons. The molecule has 0 saturated carbocycles. The number of aromatic nitrogens is 3. The summed E-state index contributed by atoms with van der Waals surface area (Å²) in [7, 11) is 0. The van der Waals surface area contributed by atoms with Crippen molar-refractivity contribution < 1.29 is 0 Å². The van der Waals surface area contributed by atoms with Gasteiger partial charge >= 0.3 is 0 Å². The van der Waals surface area contributed by atoms with Crippen LogP contribution in [-0.2, 0) is 18.3 Å². The Bertz CT molecular complexity index is 2980. The van der Waals surface area contributed by atoms with Gasteiger partial charge in [0, 0.05) is 43.1 Å². The first kappa shape index (κ1) is 33.1. The van der Waals surface area contributed by atoms with Gasteiger partial charge in [0.1, 0.15) is 5.82 Å². The Kier molecular flexibility index (Phi) is 7.65. The molecule has 9 aromatic rings. The number of aryl methyl sites for hydroxylation is 1. The molecule has 1 unspecified atom stereocenters. The Labute approximate surface area is 331 Å². The van der Waals surface area contributed by atoms with E-state index in [-0.39, 0.29) is 11.3 Å². The molecule has 0 amide bonds. The van der Waals surface area contributed by atoms with Crippen molar-refractivity contribution in [3.8, 4) is 56.2 Å². The Hall–Kier alpha value is -6.23. The quantitative estimate of drug-likeness (QED) is 0.177. The second-order valence-corrected chi connectivity index (χ2v) is 17.0. The molecule has 56 heavy (non-hydrogen) atoms. The highest BCUT2D eigenvalue weighted by atomic mass is 32.1. The number of fused-ring (bicyclic) bond motifs is 9. The summed E-state index contributed by atoms with van der Waals surface area (Å²) < 4.78 is 2.52. The van der Waals surface area contributed by atoms with E-state index in [0.717, 1.165) is 47.9 Å². The summed E-state index contributed by atoms with van der Waals surface area (Å²) in [5.41, 5.74) is 15.6. The summed E-state index contributed by atoms with van der Waals surface area (Å²) in [6.45, 7) is 4.75. The zero-order chi connectivity index (χ0) is 37.4. The van der Waals surface area contributed by atoms with Crippen LogP contribution in [0.1, 0.15) is 54.3 Å². The van der Waals surface area contributed by atoms with Crippen molar-refractivity contribution in [2.24, 2.45) is 0 Å². The van der Waals surface area contributed by atoms with Gasteiger partial charge in [-0.25, -0.2) is 15.0 Å². The van der Waals surface area contributed by atoms with Crippen molar-refractivity contribution in [1.82, 2.24) is 15.0 Å². The molecule has 0 fully saturated rings. The molecule has 1 atom stereocenters. The van der Waals surface area contributed by atoms with Crippen LogP contribution in [0, 0.1) is 0 Å². The third-order valence-corrected chi connectivity index (χ3v) is 13.4. The molecular weight excluding hydrogens is 699 g/mol. The van der Waals surface area contributed by atoms with Gasteiger partial charge in [-0.15, -0.1) is 11.3 Å². The van der Waals surface area contributed by atoms with Crippen LogP contribution in [0.5, 0.6) is 0 Å². The van der Waals surface area contributed by atoms with Gasteiger partial charge in [-0.1, -0.05) is 153 Å². The Morgan fingerprint density at radius 2 is 1.23 bits per heavy atom. The average Bonchev–Trinajstić information content (AvgIpc) is 3.67. The van der Waals surface area contributed by atoms with Crippen LogP contribution in [0.3, 0.4) is 0 Å². The molecule has 3 nitrogen and oxygen atoms in total. The van der Waals surface area contributed by atoms with Crippen molar-refractivity contribution in [2.45, 2.75) is 44.4 Å². The monoisotopic (exact) mass is 737 g/mol. The Morgan fingerprint density at radius 3 is 2.05 bits per heavy atom. The Balaban J connectivity index is 1.000. The standard InChI is InChI=1S/C52H39N3S/c1-52(2)44-22-12-11-20-40(44)43-28-34-24-25-35(37-18-9-10-19-39(37)42(34)31-45(43)52)30-48-53-50(33-16-7-4-8-17-33)55-51(54-48)36-26-27-41-47(29-36)56-46-23-13-21-38(49(41)46)32-14-5-3-6-15-32/h3-23,26-29,31,35H,24-25,30H2,1-2H3. The SMILES string of the molecule is CC1(C)c2ccccc2-c2cc3c(cc21)-c1ccccc1C(Cc1nc(-c2ccccc2)nc(-c2ccc4c(c2)sc2cccc(-c5ccccc5)c24)n1)CC3. The largest absolute Gasteiger partial charge is 0.213 e. The lowest BCUT2D eigenvalue weighted by Crippen LogP contribution is -2.15. The van der Waals surface area contributed by atoms with Gasteiger partial charge in [0.25, 0.3) is 0 Å². The zero-order valence-electron chi connectivity index (χ0n) is 31.5. The molecule has 0 aliphatic heterocycles. The van der Waals surface area contributed by atoms with Crippen molar-refractivity contribution >= 4 is 31.5 Å². The molecule has 0 saturated heterocycles. The minimum Gasteiger partial charge on any atom is -0.213 e. The van der Waals surface area contributed by atoms with E-state index in [1.807, 2.05) is 17.4 Å². The summed E-state index contributed by atoms with van der Waals surface area (Å²) in [6.07, 6.45) is 2.76. The van der Waals surface area contributed by atoms with Crippen molar-refractivity contribution in [3.63, 3.8) is 0 Å². The van der Waals surface area contributed by atoms with E-state index >= 15 is 0 Å².